The number of benzene rings is 2. The van der Waals surface area contributed by atoms with Gasteiger partial charge in [-0.15, -0.1) is 0 Å². The monoisotopic (exact) mass is 474 g/mol. The molecule has 1 aliphatic rings. The Morgan fingerprint density at radius 3 is 2.21 bits per heavy atom. The van der Waals surface area contributed by atoms with Crippen molar-refractivity contribution < 1.29 is 17.9 Å². The maximum Gasteiger partial charge on any atom is 0.261 e. The van der Waals surface area contributed by atoms with Crippen LogP contribution in [0.4, 0.5) is 11.4 Å². The number of carbonyl (C=O) groups is 1. The number of anilines is 2. The normalized spacial score (nSPS) is 15.7. The zero-order valence-corrected chi connectivity index (χ0v) is 20.6. The summed E-state index contributed by atoms with van der Waals surface area (Å²) < 4.78 is 30.4. The number of likely N-dealkylation sites (N-methyl/N-ethyl adjacent to an activating group) is 1. The summed E-state index contributed by atoms with van der Waals surface area (Å²) in [6.07, 6.45) is 1.03. The predicted octanol–water partition coefficient (Wildman–Crippen LogP) is 2.31. The molecule has 8 nitrogen and oxygen atoms in total. The van der Waals surface area contributed by atoms with Crippen molar-refractivity contribution in [3.05, 3.63) is 54.1 Å². The zero-order chi connectivity index (χ0) is 24.0. The molecule has 2 aromatic carbocycles. The first-order valence-corrected chi connectivity index (χ1v) is 13.0. The lowest BCUT2D eigenvalue weighted by Crippen LogP contribution is -2.44. The molecule has 0 bridgehead atoms. The van der Waals surface area contributed by atoms with E-state index < -0.39 is 16.1 Å². The van der Waals surface area contributed by atoms with Crippen LogP contribution >= 0.6 is 0 Å². The number of piperazine rings is 1. The van der Waals surface area contributed by atoms with Crippen molar-refractivity contribution in [1.82, 2.24) is 10.2 Å². The molecule has 0 radical (unpaired) electrons. The van der Waals surface area contributed by atoms with Gasteiger partial charge in [0.25, 0.3) is 5.91 Å². The molecule has 1 heterocycles. The third kappa shape index (κ3) is 6.85. The van der Waals surface area contributed by atoms with E-state index in [1.165, 1.54) is 17.0 Å². The molecule has 0 unspecified atom stereocenters. The molecule has 1 atom stereocenters. The fourth-order valence-corrected chi connectivity index (χ4v) is 4.11. The minimum absolute atomic E-state index is 0.182. The molecule has 1 fully saturated rings. The summed E-state index contributed by atoms with van der Waals surface area (Å²) in [4.78, 5) is 17.4. The van der Waals surface area contributed by atoms with E-state index in [0.717, 1.165) is 38.0 Å². The molecule has 1 saturated heterocycles. The van der Waals surface area contributed by atoms with Gasteiger partial charge in [-0.3, -0.25) is 9.10 Å². The molecule has 2 aromatic rings. The van der Waals surface area contributed by atoms with Crippen LogP contribution in [-0.4, -0.2) is 71.9 Å². The van der Waals surface area contributed by atoms with Crippen LogP contribution in [0.15, 0.2) is 48.5 Å². The van der Waals surface area contributed by atoms with E-state index >= 15 is 0 Å². The molecule has 0 saturated carbocycles. The van der Waals surface area contributed by atoms with Crippen molar-refractivity contribution in [2.75, 3.05) is 55.7 Å². The van der Waals surface area contributed by atoms with Gasteiger partial charge in [-0.2, -0.15) is 0 Å². The van der Waals surface area contributed by atoms with Gasteiger partial charge in [0.2, 0.25) is 10.0 Å². The van der Waals surface area contributed by atoms with Crippen molar-refractivity contribution >= 4 is 27.3 Å². The number of nitrogens with zero attached hydrogens (tertiary/aromatic N) is 3. The molecule has 0 spiro atoms. The van der Waals surface area contributed by atoms with Crippen LogP contribution in [0.3, 0.4) is 0 Å². The highest BCUT2D eigenvalue weighted by Crippen LogP contribution is 2.22. The SMILES string of the molecule is CC[C@H](Oc1ccc(N(C)S(C)(=O)=O)cc1)C(=O)NCc1ccc(N2CCN(C)CC2)cc1. The largest absolute Gasteiger partial charge is 0.481 e. The quantitative estimate of drug-likeness (QED) is 0.601. The number of hydrogen-bond donors (Lipinski definition) is 1. The summed E-state index contributed by atoms with van der Waals surface area (Å²) in [6.45, 7) is 6.49. The van der Waals surface area contributed by atoms with E-state index in [9.17, 15) is 13.2 Å². The van der Waals surface area contributed by atoms with Crippen LogP contribution < -0.4 is 19.3 Å². The van der Waals surface area contributed by atoms with E-state index in [2.05, 4.69) is 34.3 Å². The number of ether oxygens (including phenoxy) is 1. The summed E-state index contributed by atoms with van der Waals surface area (Å²) in [7, 11) is 0.302. The molecule has 0 aromatic heterocycles. The highest BCUT2D eigenvalue weighted by molar-refractivity contribution is 7.92. The summed E-state index contributed by atoms with van der Waals surface area (Å²) in [5.41, 5.74) is 2.77. The van der Waals surface area contributed by atoms with Crippen molar-refractivity contribution in [2.24, 2.45) is 0 Å². The highest BCUT2D eigenvalue weighted by Gasteiger charge is 2.19. The number of hydrogen-bond acceptors (Lipinski definition) is 6. The van der Waals surface area contributed by atoms with E-state index in [4.69, 9.17) is 4.74 Å². The lowest BCUT2D eigenvalue weighted by molar-refractivity contribution is -0.128. The Labute approximate surface area is 197 Å². The fourth-order valence-electron chi connectivity index (χ4n) is 3.60. The van der Waals surface area contributed by atoms with Gasteiger partial charge < -0.3 is 19.9 Å². The molecule has 1 aliphatic heterocycles. The van der Waals surface area contributed by atoms with Gasteiger partial charge in [-0.05, 0) is 55.4 Å². The highest BCUT2D eigenvalue weighted by atomic mass is 32.2. The Hall–Kier alpha value is -2.78. The molecule has 3 rings (SSSR count). The predicted molar refractivity (Wildman–Crippen MR) is 132 cm³/mol. The van der Waals surface area contributed by atoms with Crippen LogP contribution in [-0.2, 0) is 21.4 Å². The number of amides is 1. The Morgan fingerprint density at radius 2 is 1.67 bits per heavy atom. The topological polar surface area (TPSA) is 82.2 Å². The lowest BCUT2D eigenvalue weighted by atomic mass is 10.1. The van der Waals surface area contributed by atoms with Crippen LogP contribution in [0.25, 0.3) is 0 Å². The minimum atomic E-state index is -3.33. The average molecular weight is 475 g/mol. The van der Waals surface area contributed by atoms with Gasteiger partial charge in [0.15, 0.2) is 6.10 Å². The van der Waals surface area contributed by atoms with Crippen molar-refractivity contribution in [2.45, 2.75) is 26.0 Å². The average Bonchev–Trinajstić information content (AvgIpc) is 2.81. The van der Waals surface area contributed by atoms with Gasteiger partial charge >= 0.3 is 0 Å². The van der Waals surface area contributed by atoms with Crippen LogP contribution in [0, 0.1) is 0 Å². The van der Waals surface area contributed by atoms with Crippen molar-refractivity contribution in [3.8, 4) is 5.75 Å². The summed E-state index contributed by atoms with van der Waals surface area (Å²) in [5, 5.41) is 2.95. The van der Waals surface area contributed by atoms with Gasteiger partial charge in [0.05, 0.1) is 11.9 Å². The van der Waals surface area contributed by atoms with Gasteiger partial charge in [-0.1, -0.05) is 19.1 Å². The summed E-state index contributed by atoms with van der Waals surface area (Å²) >= 11 is 0. The second-order valence-electron chi connectivity index (χ2n) is 8.41. The third-order valence-electron chi connectivity index (χ3n) is 5.91. The smallest absolute Gasteiger partial charge is 0.261 e. The molecular weight excluding hydrogens is 440 g/mol. The molecule has 0 aliphatic carbocycles. The number of carbonyl (C=O) groups excluding carboxylic acids is 1. The molecule has 1 amide bonds. The molecule has 1 N–H and O–H groups in total. The maximum absolute atomic E-state index is 12.7. The second kappa shape index (κ2) is 10.9. The van der Waals surface area contributed by atoms with E-state index in [1.807, 2.05) is 19.1 Å². The van der Waals surface area contributed by atoms with Crippen molar-refractivity contribution in [3.63, 3.8) is 0 Å². The summed E-state index contributed by atoms with van der Waals surface area (Å²) in [5.74, 6) is 0.331. The zero-order valence-electron chi connectivity index (χ0n) is 19.8. The number of rotatable bonds is 9. The lowest BCUT2D eigenvalue weighted by Gasteiger charge is -2.34. The Kier molecular flexibility index (Phi) is 8.20. The minimum Gasteiger partial charge on any atom is -0.481 e. The fraction of sp³-hybridized carbons (Fsp3) is 0.458. The maximum atomic E-state index is 12.7. The molecule has 180 valence electrons. The van der Waals surface area contributed by atoms with Crippen LogP contribution in [0.2, 0.25) is 0 Å². The third-order valence-corrected chi connectivity index (χ3v) is 7.12. The number of nitrogens with one attached hydrogen (secondary N) is 1. The number of sulfonamides is 1. The first-order chi connectivity index (χ1) is 15.7. The summed E-state index contributed by atoms with van der Waals surface area (Å²) in [6, 6.07) is 15.0. The Morgan fingerprint density at radius 1 is 1.06 bits per heavy atom. The second-order valence-corrected chi connectivity index (χ2v) is 10.4. The van der Waals surface area contributed by atoms with Crippen LogP contribution in [0.5, 0.6) is 5.75 Å². The first kappa shape index (κ1) is 24.9. The van der Waals surface area contributed by atoms with Gasteiger partial charge in [0, 0.05) is 45.5 Å². The standard InChI is InChI=1S/C24H34N4O4S/c1-5-23(32-22-12-10-20(11-13-22)27(3)33(4,30)31)24(29)25-18-19-6-8-21(9-7-19)28-16-14-26(2)15-17-28/h6-13,23H,5,14-18H2,1-4H3,(H,25,29)/t23-/m0/s1. The Balaban J connectivity index is 1.52. The first-order valence-electron chi connectivity index (χ1n) is 11.2. The van der Waals surface area contributed by atoms with Gasteiger partial charge in [-0.25, -0.2) is 8.42 Å². The van der Waals surface area contributed by atoms with Crippen molar-refractivity contribution in [1.29, 1.82) is 0 Å². The molecular formula is C24H34N4O4S. The van der Waals surface area contributed by atoms with E-state index in [1.54, 1.807) is 24.3 Å². The van der Waals surface area contributed by atoms with Gasteiger partial charge in [0.1, 0.15) is 5.75 Å². The van der Waals surface area contributed by atoms with Crippen LogP contribution in [0.1, 0.15) is 18.9 Å². The van der Waals surface area contributed by atoms with E-state index in [0.29, 0.717) is 24.4 Å². The Bertz CT molecular complexity index is 1020. The van der Waals surface area contributed by atoms with E-state index in [-0.39, 0.29) is 5.91 Å². The molecule has 33 heavy (non-hydrogen) atoms. The molecule has 9 heteroatoms.